The van der Waals surface area contributed by atoms with E-state index in [-0.39, 0.29) is 28.9 Å². The average molecular weight is 620 g/mol. The molecule has 0 aliphatic carbocycles. The van der Waals surface area contributed by atoms with E-state index in [0.717, 1.165) is 5.56 Å². The summed E-state index contributed by atoms with van der Waals surface area (Å²) in [5.74, 6) is 0.392. The minimum atomic E-state index is -2.42. The number of hydrogen-bond acceptors (Lipinski definition) is 8. The Morgan fingerprint density at radius 3 is 2.26 bits per heavy atom. The second kappa shape index (κ2) is 14.9. The number of hydrogen-bond donors (Lipinski definition) is 0. The molecule has 0 N–H and O–H groups in total. The molecule has 0 aromatic heterocycles. The lowest BCUT2D eigenvalue weighted by Crippen LogP contribution is -2.63. The molecule has 2 saturated heterocycles. The standard InChI is InChI=1S/C32H53N3O7Si/c1-19(2)32(8,9)43(10,11)42-31-27(34-35-33)29(39-24(7)36)28(23(6)38-31)41-30-22(5)20(3)21(4)26(40-30)18-37-17-25-15-13-12-14-16-25/h12-16,19-23,26-31H,17-18H2,1-11H3/t20-,21-,22?,23?,26?,27?,28+,29+,30-,31-/m0/s1. The van der Waals surface area contributed by atoms with Gasteiger partial charge in [0, 0.05) is 17.8 Å². The molecule has 43 heavy (non-hydrogen) atoms. The van der Waals surface area contributed by atoms with Crippen LogP contribution in [0.4, 0.5) is 0 Å². The number of carbonyl (C=O) groups excluding carboxylic acids is 1. The number of azide groups is 1. The zero-order valence-corrected chi connectivity index (χ0v) is 28.9. The highest BCUT2D eigenvalue weighted by Crippen LogP contribution is 2.46. The van der Waals surface area contributed by atoms with Crippen LogP contribution < -0.4 is 0 Å². The van der Waals surface area contributed by atoms with Crippen molar-refractivity contribution in [2.45, 2.75) is 130 Å². The quantitative estimate of drug-likeness (QED) is 0.0795. The summed E-state index contributed by atoms with van der Waals surface area (Å²) < 4.78 is 38.2. The highest BCUT2D eigenvalue weighted by atomic mass is 28.4. The highest BCUT2D eigenvalue weighted by Gasteiger charge is 2.53. The molecule has 2 aliphatic rings. The van der Waals surface area contributed by atoms with Crippen LogP contribution in [0.5, 0.6) is 0 Å². The van der Waals surface area contributed by atoms with Gasteiger partial charge in [0.1, 0.15) is 18.2 Å². The van der Waals surface area contributed by atoms with Crippen molar-refractivity contribution in [3.8, 4) is 0 Å². The van der Waals surface area contributed by atoms with E-state index in [2.05, 4.69) is 71.6 Å². The van der Waals surface area contributed by atoms with Crippen molar-refractivity contribution in [1.82, 2.24) is 0 Å². The maximum atomic E-state index is 12.4. The molecule has 11 heteroatoms. The van der Waals surface area contributed by atoms with Crippen LogP contribution in [-0.2, 0) is 39.5 Å². The molecule has 0 saturated carbocycles. The van der Waals surface area contributed by atoms with Gasteiger partial charge >= 0.3 is 5.97 Å². The molecule has 4 unspecified atom stereocenters. The predicted octanol–water partition coefficient (Wildman–Crippen LogP) is 7.23. The first-order chi connectivity index (χ1) is 20.1. The fourth-order valence-electron chi connectivity index (χ4n) is 5.77. The monoisotopic (exact) mass is 619 g/mol. The Hall–Kier alpha value is -1.98. The summed E-state index contributed by atoms with van der Waals surface area (Å²) in [6, 6.07) is 9.10. The lowest BCUT2D eigenvalue weighted by molar-refractivity contribution is -0.318. The molecule has 2 heterocycles. The van der Waals surface area contributed by atoms with E-state index in [1.807, 2.05) is 37.3 Å². The van der Waals surface area contributed by atoms with Gasteiger partial charge in [-0.3, -0.25) is 4.79 Å². The second-order valence-electron chi connectivity index (χ2n) is 13.7. The Labute approximate surface area is 258 Å². The Morgan fingerprint density at radius 2 is 1.67 bits per heavy atom. The van der Waals surface area contributed by atoms with Gasteiger partial charge in [0.2, 0.25) is 0 Å². The van der Waals surface area contributed by atoms with Crippen LogP contribution in [0.2, 0.25) is 18.1 Å². The largest absolute Gasteiger partial charge is 0.459 e. The normalized spacial score (nSPS) is 33.6. The molecule has 3 rings (SSSR count). The molecule has 0 bridgehead atoms. The molecular weight excluding hydrogens is 566 g/mol. The van der Waals surface area contributed by atoms with Gasteiger partial charge in [0.05, 0.1) is 25.4 Å². The molecule has 242 valence electrons. The molecular formula is C32H53N3O7Si. The smallest absolute Gasteiger partial charge is 0.303 e. The van der Waals surface area contributed by atoms with E-state index in [1.54, 1.807) is 0 Å². The molecule has 1 aromatic carbocycles. The summed E-state index contributed by atoms with van der Waals surface area (Å²) in [6.45, 7) is 23.6. The van der Waals surface area contributed by atoms with Crippen molar-refractivity contribution in [3.05, 3.63) is 46.3 Å². The zero-order valence-electron chi connectivity index (χ0n) is 27.9. The van der Waals surface area contributed by atoms with Crippen LogP contribution in [0.25, 0.3) is 10.4 Å². The molecule has 2 aliphatic heterocycles. The van der Waals surface area contributed by atoms with Gasteiger partial charge < -0.3 is 28.1 Å². The fraction of sp³-hybridized carbons (Fsp3) is 0.781. The number of ether oxygens (including phenoxy) is 5. The van der Waals surface area contributed by atoms with Gasteiger partial charge in [-0.15, -0.1) is 0 Å². The molecule has 10 atom stereocenters. The number of esters is 1. The van der Waals surface area contributed by atoms with Crippen LogP contribution in [0, 0.1) is 23.7 Å². The van der Waals surface area contributed by atoms with Crippen LogP contribution in [0.3, 0.4) is 0 Å². The maximum absolute atomic E-state index is 12.4. The predicted molar refractivity (Wildman–Crippen MR) is 167 cm³/mol. The Bertz CT molecular complexity index is 1100. The van der Waals surface area contributed by atoms with Gasteiger partial charge in [-0.1, -0.05) is 83.9 Å². The van der Waals surface area contributed by atoms with Crippen molar-refractivity contribution in [2.24, 2.45) is 28.8 Å². The summed E-state index contributed by atoms with van der Waals surface area (Å²) in [4.78, 5) is 15.5. The van der Waals surface area contributed by atoms with Gasteiger partial charge in [-0.05, 0) is 53.9 Å². The van der Waals surface area contributed by atoms with E-state index < -0.39 is 51.2 Å². The Kier molecular flexibility index (Phi) is 12.3. The first-order valence-electron chi connectivity index (χ1n) is 15.6. The summed E-state index contributed by atoms with van der Waals surface area (Å²) >= 11 is 0. The van der Waals surface area contributed by atoms with Crippen LogP contribution >= 0.6 is 0 Å². The number of rotatable bonds is 12. The second-order valence-corrected chi connectivity index (χ2v) is 18.3. The van der Waals surface area contributed by atoms with Crippen molar-refractivity contribution >= 4 is 14.3 Å². The van der Waals surface area contributed by atoms with Crippen molar-refractivity contribution in [2.75, 3.05) is 6.61 Å². The Balaban J connectivity index is 1.82. The van der Waals surface area contributed by atoms with Gasteiger partial charge in [0.25, 0.3) is 0 Å². The summed E-state index contributed by atoms with van der Waals surface area (Å²) in [6.07, 6.45) is -3.91. The minimum Gasteiger partial charge on any atom is -0.459 e. The third-order valence-corrected chi connectivity index (χ3v) is 14.8. The number of nitrogens with zero attached hydrogens (tertiary/aromatic N) is 3. The summed E-state index contributed by atoms with van der Waals surface area (Å²) in [7, 11) is -2.42. The SMILES string of the molecule is CC(=O)O[C@@H]1C(N=[N+]=[N-])[C@H](O[Si](C)(C)C(C)(C)C(C)C)OC(C)[C@H]1O[C@@H]1OC(COCc2ccccc2)[C@@H](C)[C@H](C)C1C. The van der Waals surface area contributed by atoms with Crippen molar-refractivity contribution < 1.29 is 32.9 Å². The zero-order chi connectivity index (χ0) is 32.1. The number of carbonyl (C=O) groups is 1. The van der Waals surface area contributed by atoms with Gasteiger partial charge in [-0.2, -0.15) is 0 Å². The summed E-state index contributed by atoms with van der Waals surface area (Å²) in [5.41, 5.74) is 10.7. The van der Waals surface area contributed by atoms with Crippen LogP contribution in [-0.4, -0.2) is 63.9 Å². The topological polar surface area (TPSA) is 121 Å². The number of benzene rings is 1. The van der Waals surface area contributed by atoms with E-state index >= 15 is 0 Å². The molecule has 1 aromatic rings. The lowest BCUT2D eigenvalue weighted by Gasteiger charge is -2.50. The first-order valence-corrected chi connectivity index (χ1v) is 18.5. The first kappa shape index (κ1) is 35.5. The van der Waals surface area contributed by atoms with E-state index in [1.165, 1.54) is 6.92 Å². The van der Waals surface area contributed by atoms with Crippen LogP contribution in [0.1, 0.15) is 67.9 Å². The highest BCUT2D eigenvalue weighted by molar-refractivity contribution is 6.74. The molecule has 10 nitrogen and oxygen atoms in total. The lowest BCUT2D eigenvalue weighted by atomic mass is 9.79. The molecule has 2 fully saturated rings. The third kappa shape index (κ3) is 8.39. The van der Waals surface area contributed by atoms with E-state index in [9.17, 15) is 10.3 Å². The molecule has 0 amide bonds. The average Bonchev–Trinajstić information content (AvgIpc) is 2.93. The summed E-state index contributed by atoms with van der Waals surface area (Å²) in [5, 5.41) is 3.94. The van der Waals surface area contributed by atoms with E-state index in [4.69, 9.17) is 28.1 Å². The maximum Gasteiger partial charge on any atom is 0.303 e. The third-order valence-electron chi connectivity index (χ3n) is 10.3. The molecule has 0 spiro atoms. The van der Waals surface area contributed by atoms with E-state index in [0.29, 0.717) is 19.1 Å². The fourth-order valence-corrected chi connectivity index (χ4v) is 8.24. The minimum absolute atomic E-state index is 0.0376. The van der Waals surface area contributed by atoms with Gasteiger partial charge in [0.15, 0.2) is 20.9 Å². The van der Waals surface area contributed by atoms with Gasteiger partial charge in [-0.25, -0.2) is 0 Å². The van der Waals surface area contributed by atoms with Crippen molar-refractivity contribution in [1.29, 1.82) is 0 Å². The van der Waals surface area contributed by atoms with Crippen LogP contribution in [0.15, 0.2) is 35.4 Å². The Morgan fingerprint density at radius 1 is 1.02 bits per heavy atom. The van der Waals surface area contributed by atoms with Crippen molar-refractivity contribution in [3.63, 3.8) is 0 Å². The molecule has 0 radical (unpaired) electrons.